The molecule has 1 aliphatic rings. The van der Waals surface area contributed by atoms with E-state index in [2.05, 4.69) is 20.0 Å². The van der Waals surface area contributed by atoms with Crippen molar-refractivity contribution in [2.75, 3.05) is 38.3 Å². The molecule has 3 aromatic rings. The van der Waals surface area contributed by atoms with Gasteiger partial charge in [-0.3, -0.25) is 9.59 Å². The molecule has 0 radical (unpaired) electrons. The average Bonchev–Trinajstić information content (AvgIpc) is 3.39. The maximum absolute atomic E-state index is 12.6. The van der Waals surface area contributed by atoms with Crippen molar-refractivity contribution < 1.29 is 9.53 Å². The zero-order valence-corrected chi connectivity index (χ0v) is 18.0. The molecule has 1 atom stereocenters. The van der Waals surface area contributed by atoms with Crippen molar-refractivity contribution in [3.05, 3.63) is 52.7 Å². The van der Waals surface area contributed by atoms with E-state index in [1.54, 1.807) is 19.4 Å². The molecular formula is C22H28N6O3. The Morgan fingerprint density at radius 1 is 1.32 bits per heavy atom. The molecule has 164 valence electrons. The van der Waals surface area contributed by atoms with Gasteiger partial charge in [0.25, 0.3) is 5.56 Å². The van der Waals surface area contributed by atoms with E-state index in [0.717, 1.165) is 35.5 Å². The summed E-state index contributed by atoms with van der Waals surface area (Å²) < 4.78 is 8.45. The summed E-state index contributed by atoms with van der Waals surface area (Å²) in [6.45, 7) is 2.72. The molecule has 1 unspecified atom stereocenters. The molecule has 1 amide bonds. The molecule has 1 aliphatic heterocycles. The first-order valence-corrected chi connectivity index (χ1v) is 10.6. The average molecular weight is 425 g/mol. The topological polar surface area (TPSA) is 94.3 Å². The third kappa shape index (κ3) is 4.61. The minimum absolute atomic E-state index is 0.0441. The largest absolute Gasteiger partial charge is 0.383 e. The second-order valence-electron chi connectivity index (χ2n) is 7.82. The minimum atomic E-state index is -0.162. The highest BCUT2D eigenvalue weighted by molar-refractivity contribution is 5.80. The lowest BCUT2D eigenvalue weighted by Gasteiger charge is -2.18. The van der Waals surface area contributed by atoms with Crippen LogP contribution < -0.4 is 15.8 Å². The monoisotopic (exact) mass is 424 g/mol. The second kappa shape index (κ2) is 9.30. The Bertz CT molecular complexity index is 1120. The molecule has 3 heterocycles. The van der Waals surface area contributed by atoms with Crippen molar-refractivity contribution in [3.63, 3.8) is 0 Å². The van der Waals surface area contributed by atoms with E-state index in [1.807, 2.05) is 36.2 Å². The number of imidazole rings is 1. The maximum atomic E-state index is 12.6. The van der Waals surface area contributed by atoms with Crippen molar-refractivity contribution in [2.24, 2.45) is 13.0 Å². The van der Waals surface area contributed by atoms with Crippen LogP contribution >= 0.6 is 0 Å². The van der Waals surface area contributed by atoms with Crippen LogP contribution in [0.2, 0.25) is 0 Å². The molecule has 1 aromatic carbocycles. The maximum Gasteiger partial charge on any atom is 0.268 e. The minimum Gasteiger partial charge on any atom is -0.383 e. The number of anilines is 1. The van der Waals surface area contributed by atoms with E-state index >= 15 is 0 Å². The first kappa shape index (κ1) is 21.0. The van der Waals surface area contributed by atoms with Gasteiger partial charge in [-0.25, -0.2) is 9.67 Å². The van der Waals surface area contributed by atoms with Gasteiger partial charge in [-0.15, -0.1) is 0 Å². The molecule has 0 spiro atoms. The van der Waals surface area contributed by atoms with Crippen LogP contribution in [0.15, 0.2) is 41.3 Å². The van der Waals surface area contributed by atoms with Crippen LogP contribution in [-0.2, 0) is 29.5 Å². The first-order chi connectivity index (χ1) is 15.1. The fourth-order valence-corrected chi connectivity index (χ4v) is 4.01. The zero-order valence-electron chi connectivity index (χ0n) is 18.0. The summed E-state index contributed by atoms with van der Waals surface area (Å²) in [6, 6.07) is 9.59. The van der Waals surface area contributed by atoms with E-state index in [9.17, 15) is 9.59 Å². The van der Waals surface area contributed by atoms with Crippen LogP contribution in [0.3, 0.4) is 0 Å². The fraction of sp³-hybridized carbons (Fsp3) is 0.455. The summed E-state index contributed by atoms with van der Waals surface area (Å²) in [5.41, 5.74) is 2.65. The normalized spacial score (nSPS) is 16.2. The predicted molar refractivity (Wildman–Crippen MR) is 118 cm³/mol. The van der Waals surface area contributed by atoms with Crippen molar-refractivity contribution in [1.29, 1.82) is 0 Å². The number of methoxy groups -OCH3 is 1. The second-order valence-corrected chi connectivity index (χ2v) is 7.82. The number of hydrogen-bond donors (Lipinski definition) is 1. The van der Waals surface area contributed by atoms with Gasteiger partial charge in [-0.2, -0.15) is 5.10 Å². The highest BCUT2D eigenvalue weighted by Gasteiger charge is 2.28. The number of rotatable bonds is 8. The third-order valence-corrected chi connectivity index (χ3v) is 5.81. The van der Waals surface area contributed by atoms with E-state index in [4.69, 9.17) is 4.74 Å². The molecule has 9 heteroatoms. The third-order valence-electron chi connectivity index (χ3n) is 5.81. The Labute approximate surface area is 180 Å². The van der Waals surface area contributed by atoms with E-state index in [-0.39, 0.29) is 17.4 Å². The van der Waals surface area contributed by atoms with Gasteiger partial charge in [0.15, 0.2) is 0 Å². The Morgan fingerprint density at radius 3 is 2.94 bits per heavy atom. The number of ether oxygens (including phenoxy) is 1. The van der Waals surface area contributed by atoms with Gasteiger partial charge in [0, 0.05) is 46.3 Å². The van der Waals surface area contributed by atoms with Crippen molar-refractivity contribution in [3.8, 4) is 0 Å². The number of fused-ring (bicyclic) bond motifs is 1. The van der Waals surface area contributed by atoms with Gasteiger partial charge >= 0.3 is 0 Å². The Balaban J connectivity index is 1.30. The Hall–Kier alpha value is -3.20. The predicted octanol–water partition coefficient (Wildman–Crippen LogP) is 0.962. The quantitative estimate of drug-likeness (QED) is 0.579. The Kier molecular flexibility index (Phi) is 6.31. The molecular weight excluding hydrogens is 396 g/mol. The van der Waals surface area contributed by atoms with E-state index in [0.29, 0.717) is 32.7 Å². The number of hydrogen-bond acceptors (Lipinski definition) is 6. The number of para-hydroxylation sites is 2. The standard InChI is InChI=1S/C22H28N6O3/c1-26-19-6-4-3-5-18(19)25-20(26)7-9-23-22(30)16-8-10-27(15-16)17-13-21(29)28(24-14-17)11-12-31-2/h3-6,13-14,16H,7-12,15H2,1-2H3,(H,23,30). The number of amides is 1. The van der Waals surface area contributed by atoms with Gasteiger partial charge in [-0.1, -0.05) is 12.1 Å². The summed E-state index contributed by atoms with van der Waals surface area (Å²) >= 11 is 0. The smallest absolute Gasteiger partial charge is 0.268 e. The lowest BCUT2D eigenvalue weighted by atomic mass is 10.1. The molecule has 9 nitrogen and oxygen atoms in total. The van der Waals surface area contributed by atoms with Gasteiger partial charge in [0.2, 0.25) is 5.91 Å². The van der Waals surface area contributed by atoms with Crippen LogP contribution in [0, 0.1) is 5.92 Å². The molecule has 1 saturated heterocycles. The highest BCUT2D eigenvalue weighted by Crippen LogP contribution is 2.22. The van der Waals surface area contributed by atoms with Crippen molar-refractivity contribution in [1.82, 2.24) is 24.6 Å². The van der Waals surface area contributed by atoms with Crippen LogP contribution in [0.5, 0.6) is 0 Å². The summed E-state index contributed by atoms with van der Waals surface area (Å²) in [5, 5.41) is 7.26. The molecule has 0 saturated carbocycles. The van der Waals surface area contributed by atoms with Crippen molar-refractivity contribution in [2.45, 2.75) is 19.4 Å². The molecule has 1 N–H and O–H groups in total. The molecule has 0 aliphatic carbocycles. The fourth-order valence-electron chi connectivity index (χ4n) is 4.01. The summed E-state index contributed by atoms with van der Waals surface area (Å²) in [5.74, 6) is 0.897. The number of nitrogens with one attached hydrogen (secondary N) is 1. The number of nitrogens with zero attached hydrogens (tertiary/aromatic N) is 5. The van der Waals surface area contributed by atoms with E-state index in [1.165, 1.54) is 4.68 Å². The van der Waals surface area contributed by atoms with Crippen molar-refractivity contribution >= 4 is 22.6 Å². The highest BCUT2D eigenvalue weighted by atomic mass is 16.5. The molecule has 31 heavy (non-hydrogen) atoms. The zero-order chi connectivity index (χ0) is 21.8. The van der Waals surface area contributed by atoms with Gasteiger partial charge < -0.3 is 19.5 Å². The number of carbonyl (C=O) groups excluding carboxylic acids is 1. The van der Waals surface area contributed by atoms with Crippen LogP contribution in [0.1, 0.15) is 12.2 Å². The summed E-state index contributed by atoms with van der Waals surface area (Å²) in [7, 11) is 3.59. The lowest BCUT2D eigenvalue weighted by Crippen LogP contribution is -2.34. The molecule has 2 aromatic heterocycles. The van der Waals surface area contributed by atoms with Gasteiger partial charge in [0.05, 0.1) is 42.0 Å². The number of carbonyl (C=O) groups is 1. The summed E-state index contributed by atoms with van der Waals surface area (Å²) in [4.78, 5) is 31.6. The number of benzene rings is 1. The lowest BCUT2D eigenvalue weighted by molar-refractivity contribution is -0.124. The Morgan fingerprint density at radius 2 is 2.16 bits per heavy atom. The molecule has 1 fully saturated rings. The molecule has 0 bridgehead atoms. The van der Waals surface area contributed by atoms with Crippen LogP contribution in [0.25, 0.3) is 11.0 Å². The molecule has 4 rings (SSSR count). The van der Waals surface area contributed by atoms with E-state index < -0.39 is 0 Å². The number of aryl methyl sites for hydroxylation is 1. The van der Waals surface area contributed by atoms with Gasteiger partial charge in [0.1, 0.15) is 5.82 Å². The summed E-state index contributed by atoms with van der Waals surface area (Å²) in [6.07, 6.45) is 3.12. The van der Waals surface area contributed by atoms with Gasteiger partial charge in [-0.05, 0) is 18.6 Å². The van der Waals surface area contributed by atoms with Crippen LogP contribution in [-0.4, -0.2) is 58.6 Å². The number of aromatic nitrogens is 4. The SMILES string of the molecule is COCCn1ncc(N2CCC(C(=O)NCCc3nc4ccccc4n3C)C2)cc1=O. The first-order valence-electron chi connectivity index (χ1n) is 10.6. The van der Waals surface area contributed by atoms with Crippen LogP contribution in [0.4, 0.5) is 5.69 Å².